The fourth-order valence-corrected chi connectivity index (χ4v) is 1.48. The number of carbonyl (C=O) groups excluding carboxylic acids is 1. The Balaban J connectivity index is 2.50. The molecule has 0 fully saturated rings. The Labute approximate surface area is 88.5 Å². The van der Waals surface area contributed by atoms with Crippen LogP contribution in [0.25, 0.3) is 11.0 Å². The summed E-state index contributed by atoms with van der Waals surface area (Å²) in [7, 11) is 0. The molecular formula is C12H14N2O. The van der Waals surface area contributed by atoms with Crippen molar-refractivity contribution in [2.45, 2.75) is 20.8 Å². The summed E-state index contributed by atoms with van der Waals surface area (Å²) in [4.78, 5) is 19.2. The smallest absolute Gasteiger partial charge is 0.184 e. The van der Waals surface area contributed by atoms with E-state index in [1.807, 2.05) is 39.0 Å². The Hall–Kier alpha value is -1.64. The highest BCUT2D eigenvalue weighted by molar-refractivity contribution is 6.01. The Morgan fingerprint density at radius 1 is 1.40 bits per heavy atom. The van der Waals surface area contributed by atoms with Crippen molar-refractivity contribution in [2.75, 3.05) is 0 Å². The molecule has 0 saturated heterocycles. The summed E-state index contributed by atoms with van der Waals surface area (Å²) < 4.78 is 0. The van der Waals surface area contributed by atoms with E-state index in [1.54, 1.807) is 6.20 Å². The fourth-order valence-electron chi connectivity index (χ4n) is 1.48. The summed E-state index contributed by atoms with van der Waals surface area (Å²) in [5, 5.41) is 0.977. The van der Waals surface area contributed by atoms with E-state index >= 15 is 0 Å². The van der Waals surface area contributed by atoms with Crippen LogP contribution in [0.4, 0.5) is 0 Å². The third-order valence-electron chi connectivity index (χ3n) is 2.32. The van der Waals surface area contributed by atoms with E-state index in [-0.39, 0.29) is 11.2 Å². The van der Waals surface area contributed by atoms with Crippen molar-refractivity contribution in [1.82, 2.24) is 9.97 Å². The van der Waals surface area contributed by atoms with Crippen LogP contribution < -0.4 is 0 Å². The van der Waals surface area contributed by atoms with Crippen molar-refractivity contribution in [2.24, 2.45) is 5.41 Å². The van der Waals surface area contributed by atoms with Gasteiger partial charge in [-0.25, -0.2) is 4.98 Å². The first kappa shape index (κ1) is 9.90. The van der Waals surface area contributed by atoms with Crippen LogP contribution in [0, 0.1) is 5.41 Å². The van der Waals surface area contributed by atoms with E-state index in [2.05, 4.69) is 9.97 Å². The lowest BCUT2D eigenvalue weighted by Gasteiger charge is -2.14. The zero-order valence-electron chi connectivity index (χ0n) is 9.16. The van der Waals surface area contributed by atoms with Gasteiger partial charge in [-0.3, -0.25) is 4.79 Å². The van der Waals surface area contributed by atoms with Crippen molar-refractivity contribution >= 4 is 16.8 Å². The fraction of sp³-hybridized carbons (Fsp3) is 0.333. The molecule has 3 heteroatoms. The average Bonchev–Trinajstić information content (AvgIpc) is 2.58. The Morgan fingerprint density at radius 3 is 2.73 bits per heavy atom. The third kappa shape index (κ3) is 1.77. The Kier molecular flexibility index (Phi) is 2.11. The molecule has 0 spiro atoms. The molecule has 78 valence electrons. The molecule has 0 bridgehead atoms. The van der Waals surface area contributed by atoms with Gasteiger partial charge in [0.2, 0.25) is 0 Å². The Morgan fingerprint density at radius 2 is 2.13 bits per heavy atom. The number of nitrogens with zero attached hydrogens (tertiary/aromatic N) is 1. The predicted molar refractivity (Wildman–Crippen MR) is 59.9 cm³/mol. The van der Waals surface area contributed by atoms with Crippen molar-refractivity contribution in [3.8, 4) is 0 Å². The lowest BCUT2D eigenvalue weighted by atomic mass is 9.89. The molecule has 15 heavy (non-hydrogen) atoms. The molecule has 0 aliphatic rings. The lowest BCUT2D eigenvalue weighted by Crippen LogP contribution is -2.20. The number of aromatic nitrogens is 2. The maximum absolute atomic E-state index is 12.0. The quantitative estimate of drug-likeness (QED) is 0.723. The van der Waals surface area contributed by atoms with Gasteiger partial charge in [-0.05, 0) is 18.2 Å². The first-order valence-corrected chi connectivity index (χ1v) is 4.97. The van der Waals surface area contributed by atoms with Gasteiger partial charge in [-0.1, -0.05) is 20.8 Å². The minimum absolute atomic E-state index is 0.112. The standard InChI is InChI=1S/C12H14N2O/c1-12(2,3)10(15)9-7-8-5-4-6-13-11(8)14-9/h4-7H,1-3H3,(H,13,14). The molecule has 0 aliphatic carbocycles. The van der Waals surface area contributed by atoms with Gasteiger partial charge in [0.05, 0.1) is 5.69 Å². The SMILES string of the molecule is CC(C)(C)C(=O)c1cc2cccnc2[nH]1. The number of hydrogen-bond donors (Lipinski definition) is 1. The van der Waals surface area contributed by atoms with Crippen LogP contribution in [-0.2, 0) is 0 Å². The first-order chi connectivity index (χ1) is 6.98. The van der Waals surface area contributed by atoms with Crippen LogP contribution >= 0.6 is 0 Å². The van der Waals surface area contributed by atoms with Gasteiger partial charge in [-0.15, -0.1) is 0 Å². The molecule has 2 aromatic heterocycles. The number of nitrogens with one attached hydrogen (secondary N) is 1. The van der Waals surface area contributed by atoms with E-state index < -0.39 is 0 Å². The molecule has 3 nitrogen and oxygen atoms in total. The lowest BCUT2D eigenvalue weighted by molar-refractivity contribution is 0.0854. The molecule has 0 radical (unpaired) electrons. The summed E-state index contributed by atoms with van der Waals surface area (Å²) >= 11 is 0. The van der Waals surface area contributed by atoms with Gasteiger partial charge in [0.15, 0.2) is 5.78 Å². The number of fused-ring (bicyclic) bond motifs is 1. The van der Waals surface area contributed by atoms with Crippen LogP contribution in [0.3, 0.4) is 0 Å². The number of carbonyl (C=O) groups is 1. The minimum atomic E-state index is -0.360. The normalized spacial score (nSPS) is 11.9. The van der Waals surface area contributed by atoms with Gasteiger partial charge < -0.3 is 4.98 Å². The molecular weight excluding hydrogens is 188 g/mol. The summed E-state index contributed by atoms with van der Waals surface area (Å²) in [6, 6.07) is 5.66. The number of H-pyrrole nitrogens is 1. The van der Waals surface area contributed by atoms with E-state index in [9.17, 15) is 4.79 Å². The summed E-state index contributed by atoms with van der Waals surface area (Å²) in [5.74, 6) is 0.112. The molecule has 0 unspecified atom stereocenters. The van der Waals surface area contributed by atoms with Crippen LogP contribution in [0.2, 0.25) is 0 Å². The molecule has 0 atom stereocenters. The number of aromatic amines is 1. The van der Waals surface area contributed by atoms with Crippen molar-refractivity contribution in [3.05, 3.63) is 30.1 Å². The van der Waals surface area contributed by atoms with Gasteiger partial charge in [-0.2, -0.15) is 0 Å². The van der Waals surface area contributed by atoms with Crippen molar-refractivity contribution < 1.29 is 4.79 Å². The zero-order valence-corrected chi connectivity index (χ0v) is 9.16. The number of rotatable bonds is 1. The highest BCUT2D eigenvalue weighted by Crippen LogP contribution is 2.22. The monoisotopic (exact) mass is 202 g/mol. The average molecular weight is 202 g/mol. The van der Waals surface area contributed by atoms with Gasteiger partial charge >= 0.3 is 0 Å². The summed E-state index contributed by atoms with van der Waals surface area (Å²) in [5.41, 5.74) is 1.04. The molecule has 0 aromatic carbocycles. The van der Waals surface area contributed by atoms with E-state index in [4.69, 9.17) is 0 Å². The van der Waals surface area contributed by atoms with Gasteiger partial charge in [0, 0.05) is 17.0 Å². The maximum Gasteiger partial charge on any atom is 0.184 e. The van der Waals surface area contributed by atoms with E-state index in [1.165, 1.54) is 0 Å². The summed E-state index contributed by atoms with van der Waals surface area (Å²) in [6.45, 7) is 5.73. The van der Waals surface area contributed by atoms with Crippen molar-refractivity contribution in [1.29, 1.82) is 0 Å². The molecule has 0 aliphatic heterocycles. The second kappa shape index (κ2) is 3.19. The van der Waals surface area contributed by atoms with Crippen LogP contribution in [-0.4, -0.2) is 15.8 Å². The molecule has 0 amide bonds. The van der Waals surface area contributed by atoms with E-state index in [0.717, 1.165) is 11.0 Å². The number of pyridine rings is 1. The number of hydrogen-bond acceptors (Lipinski definition) is 2. The highest BCUT2D eigenvalue weighted by Gasteiger charge is 2.24. The second-order valence-electron chi connectivity index (χ2n) is 4.70. The van der Waals surface area contributed by atoms with E-state index in [0.29, 0.717) is 5.69 Å². The maximum atomic E-state index is 12.0. The molecule has 2 rings (SSSR count). The number of Topliss-reactive ketones (excluding diaryl/α,β-unsaturated/α-hetero) is 1. The predicted octanol–water partition coefficient (Wildman–Crippen LogP) is 2.79. The minimum Gasteiger partial charge on any atom is -0.337 e. The topological polar surface area (TPSA) is 45.8 Å². The molecule has 2 heterocycles. The highest BCUT2D eigenvalue weighted by atomic mass is 16.1. The Bertz CT molecular complexity index is 473. The third-order valence-corrected chi connectivity index (χ3v) is 2.32. The molecule has 2 aromatic rings. The second-order valence-corrected chi connectivity index (χ2v) is 4.70. The number of ketones is 1. The summed E-state index contributed by atoms with van der Waals surface area (Å²) in [6.07, 6.45) is 1.71. The largest absolute Gasteiger partial charge is 0.337 e. The van der Waals surface area contributed by atoms with Gasteiger partial charge in [0.1, 0.15) is 5.65 Å². The van der Waals surface area contributed by atoms with Gasteiger partial charge in [0.25, 0.3) is 0 Å². The van der Waals surface area contributed by atoms with Crippen LogP contribution in [0.15, 0.2) is 24.4 Å². The molecule has 0 saturated carbocycles. The zero-order chi connectivity index (χ0) is 11.1. The van der Waals surface area contributed by atoms with Crippen molar-refractivity contribution in [3.63, 3.8) is 0 Å². The molecule has 1 N–H and O–H groups in total. The van der Waals surface area contributed by atoms with Crippen LogP contribution in [0.5, 0.6) is 0 Å². The van der Waals surface area contributed by atoms with Crippen LogP contribution in [0.1, 0.15) is 31.3 Å². The first-order valence-electron chi connectivity index (χ1n) is 4.97.